The predicted octanol–water partition coefficient (Wildman–Crippen LogP) is 0.412. The van der Waals surface area contributed by atoms with Gasteiger partial charge in [0.05, 0.1) is 11.9 Å². The van der Waals surface area contributed by atoms with E-state index in [1.807, 2.05) is 0 Å². The molecule has 7 heteroatoms. The first kappa shape index (κ1) is 9.18. The lowest BCUT2D eigenvalue weighted by Crippen LogP contribution is -2.37. The van der Waals surface area contributed by atoms with Crippen molar-refractivity contribution in [1.29, 1.82) is 0 Å². The standard InChI is InChI=1S/C5H8N4O2S/c6-9-7-1-4-8-3(2-12-4)5(10)11/h3-4,8H,1-2H2,(H,10,11)/t3-,4?/m0/s1. The molecule has 1 rings (SSSR count). The molecule has 6 nitrogen and oxygen atoms in total. The number of azide groups is 1. The van der Waals surface area contributed by atoms with Crippen LogP contribution in [0.4, 0.5) is 0 Å². The lowest BCUT2D eigenvalue weighted by molar-refractivity contribution is -0.138. The second kappa shape index (κ2) is 4.20. The number of hydrogen-bond donors (Lipinski definition) is 2. The quantitative estimate of drug-likeness (QED) is 0.380. The van der Waals surface area contributed by atoms with Crippen LogP contribution in [-0.2, 0) is 4.79 Å². The molecule has 0 amide bonds. The van der Waals surface area contributed by atoms with Crippen LogP contribution in [0.3, 0.4) is 0 Å². The fourth-order valence-corrected chi connectivity index (χ4v) is 1.99. The summed E-state index contributed by atoms with van der Waals surface area (Å²) in [5.41, 5.74) is 8.01. The molecule has 1 fully saturated rings. The second-order valence-corrected chi connectivity index (χ2v) is 3.53. The van der Waals surface area contributed by atoms with Crippen molar-refractivity contribution in [1.82, 2.24) is 5.32 Å². The van der Waals surface area contributed by atoms with Crippen molar-refractivity contribution in [3.05, 3.63) is 10.4 Å². The van der Waals surface area contributed by atoms with Crippen LogP contribution in [0.1, 0.15) is 0 Å². The molecule has 1 unspecified atom stereocenters. The van der Waals surface area contributed by atoms with Crippen molar-refractivity contribution in [3.63, 3.8) is 0 Å². The van der Waals surface area contributed by atoms with Crippen LogP contribution in [0.5, 0.6) is 0 Å². The van der Waals surface area contributed by atoms with Gasteiger partial charge in [-0.2, -0.15) is 0 Å². The van der Waals surface area contributed by atoms with Crippen molar-refractivity contribution in [3.8, 4) is 0 Å². The molecule has 1 saturated heterocycles. The minimum atomic E-state index is -0.856. The summed E-state index contributed by atoms with van der Waals surface area (Å²) in [7, 11) is 0. The summed E-state index contributed by atoms with van der Waals surface area (Å²) < 4.78 is 0. The average Bonchev–Trinajstić information content (AvgIpc) is 2.48. The number of rotatable bonds is 3. The fourth-order valence-electron chi connectivity index (χ4n) is 0.892. The topological polar surface area (TPSA) is 98.1 Å². The molecule has 0 aromatic rings. The molecule has 1 aliphatic rings. The first-order chi connectivity index (χ1) is 5.74. The monoisotopic (exact) mass is 188 g/mol. The van der Waals surface area contributed by atoms with Crippen LogP contribution < -0.4 is 5.32 Å². The summed E-state index contributed by atoms with van der Waals surface area (Å²) in [6.45, 7) is 0.297. The third-order valence-electron chi connectivity index (χ3n) is 1.46. The Morgan fingerprint density at radius 1 is 1.92 bits per heavy atom. The van der Waals surface area contributed by atoms with Gasteiger partial charge in [-0.1, -0.05) is 5.11 Å². The van der Waals surface area contributed by atoms with Gasteiger partial charge in [-0.05, 0) is 5.53 Å². The highest BCUT2D eigenvalue weighted by Gasteiger charge is 2.28. The van der Waals surface area contributed by atoms with E-state index in [2.05, 4.69) is 15.3 Å². The molecule has 0 aromatic carbocycles. The van der Waals surface area contributed by atoms with E-state index in [0.717, 1.165) is 0 Å². The molecule has 0 aromatic heterocycles. The highest BCUT2D eigenvalue weighted by atomic mass is 32.2. The van der Waals surface area contributed by atoms with Crippen LogP contribution >= 0.6 is 11.8 Å². The zero-order valence-corrected chi connectivity index (χ0v) is 6.99. The molecule has 0 aliphatic carbocycles. The molecular weight excluding hydrogens is 180 g/mol. The van der Waals surface area contributed by atoms with Gasteiger partial charge in [0, 0.05) is 10.7 Å². The van der Waals surface area contributed by atoms with E-state index in [-0.39, 0.29) is 5.37 Å². The lowest BCUT2D eigenvalue weighted by Gasteiger charge is -2.05. The Bertz CT molecular complexity index is 227. The van der Waals surface area contributed by atoms with Crippen molar-refractivity contribution < 1.29 is 9.90 Å². The fraction of sp³-hybridized carbons (Fsp3) is 0.800. The Hall–Kier alpha value is -0.910. The first-order valence-corrected chi connectivity index (χ1v) is 4.40. The van der Waals surface area contributed by atoms with Crippen LogP contribution in [0.15, 0.2) is 5.11 Å². The van der Waals surface area contributed by atoms with Gasteiger partial charge in [-0.3, -0.25) is 10.1 Å². The van der Waals surface area contributed by atoms with Crippen molar-refractivity contribution >= 4 is 17.7 Å². The molecule has 0 radical (unpaired) electrons. The number of carboxylic acids is 1. The molecule has 2 atom stereocenters. The van der Waals surface area contributed by atoms with E-state index < -0.39 is 12.0 Å². The van der Waals surface area contributed by atoms with Crippen molar-refractivity contribution in [2.24, 2.45) is 5.11 Å². The van der Waals surface area contributed by atoms with E-state index in [1.54, 1.807) is 0 Å². The van der Waals surface area contributed by atoms with Crippen molar-refractivity contribution in [2.45, 2.75) is 11.4 Å². The average molecular weight is 188 g/mol. The zero-order valence-electron chi connectivity index (χ0n) is 6.17. The molecule has 12 heavy (non-hydrogen) atoms. The van der Waals surface area contributed by atoms with Gasteiger partial charge in [0.1, 0.15) is 6.04 Å². The minimum absolute atomic E-state index is 0.0537. The van der Waals surface area contributed by atoms with E-state index in [9.17, 15) is 4.79 Å². The van der Waals surface area contributed by atoms with E-state index in [4.69, 9.17) is 10.6 Å². The van der Waals surface area contributed by atoms with Crippen LogP contribution in [0, 0.1) is 0 Å². The van der Waals surface area contributed by atoms with Gasteiger partial charge >= 0.3 is 5.97 Å². The van der Waals surface area contributed by atoms with E-state index in [1.165, 1.54) is 11.8 Å². The van der Waals surface area contributed by atoms with Crippen LogP contribution in [0.2, 0.25) is 0 Å². The number of thioether (sulfide) groups is 1. The Morgan fingerprint density at radius 3 is 3.17 bits per heavy atom. The van der Waals surface area contributed by atoms with E-state index >= 15 is 0 Å². The summed E-state index contributed by atoms with van der Waals surface area (Å²) in [6.07, 6.45) is 0. The SMILES string of the molecule is [N-]=[N+]=NCC1N[C@H](C(=O)O)CS1. The largest absolute Gasteiger partial charge is 0.480 e. The van der Waals surface area contributed by atoms with Gasteiger partial charge in [0.2, 0.25) is 0 Å². The molecule has 0 saturated carbocycles. The Morgan fingerprint density at radius 2 is 2.67 bits per heavy atom. The molecule has 1 aliphatic heterocycles. The number of carbonyl (C=O) groups is 1. The molecule has 1 heterocycles. The van der Waals surface area contributed by atoms with Crippen LogP contribution in [0.25, 0.3) is 10.4 Å². The number of nitrogens with one attached hydrogen (secondary N) is 1. The van der Waals surface area contributed by atoms with Gasteiger partial charge in [-0.25, -0.2) is 0 Å². The Labute approximate surface area is 73.0 Å². The maximum Gasteiger partial charge on any atom is 0.321 e. The summed E-state index contributed by atoms with van der Waals surface area (Å²) >= 11 is 1.46. The first-order valence-electron chi connectivity index (χ1n) is 3.35. The summed E-state index contributed by atoms with van der Waals surface area (Å²) in [6, 6.07) is -0.506. The Balaban J connectivity index is 2.35. The third kappa shape index (κ3) is 2.30. The molecule has 66 valence electrons. The Kier molecular flexibility index (Phi) is 3.21. The van der Waals surface area contributed by atoms with E-state index in [0.29, 0.717) is 12.3 Å². The maximum absolute atomic E-state index is 10.4. The van der Waals surface area contributed by atoms with Gasteiger partial charge in [0.15, 0.2) is 0 Å². The smallest absolute Gasteiger partial charge is 0.321 e. The summed E-state index contributed by atoms with van der Waals surface area (Å²) in [5, 5.41) is 14.7. The highest BCUT2D eigenvalue weighted by molar-refractivity contribution is 8.00. The van der Waals surface area contributed by atoms with Gasteiger partial charge in [0.25, 0.3) is 0 Å². The second-order valence-electron chi connectivity index (χ2n) is 2.29. The number of carboxylic acid groups (broad SMARTS) is 1. The minimum Gasteiger partial charge on any atom is -0.480 e. The maximum atomic E-state index is 10.4. The highest BCUT2D eigenvalue weighted by Crippen LogP contribution is 2.18. The number of hydrogen-bond acceptors (Lipinski definition) is 4. The molecular formula is C5H8N4O2S. The molecule has 2 N–H and O–H groups in total. The van der Waals surface area contributed by atoms with Crippen LogP contribution in [-0.4, -0.2) is 34.8 Å². The number of nitrogens with zero attached hydrogens (tertiary/aromatic N) is 3. The zero-order chi connectivity index (χ0) is 8.97. The molecule has 0 bridgehead atoms. The van der Waals surface area contributed by atoms with Gasteiger partial charge in [-0.15, -0.1) is 11.8 Å². The normalized spacial score (nSPS) is 28.0. The summed E-state index contributed by atoms with van der Waals surface area (Å²) in [5.74, 6) is -0.327. The van der Waals surface area contributed by atoms with Crippen molar-refractivity contribution in [2.75, 3.05) is 12.3 Å². The number of aliphatic carboxylic acids is 1. The van der Waals surface area contributed by atoms with Gasteiger partial charge < -0.3 is 5.11 Å². The predicted molar refractivity (Wildman–Crippen MR) is 44.8 cm³/mol. The summed E-state index contributed by atoms with van der Waals surface area (Å²) in [4.78, 5) is 13.0. The molecule has 0 spiro atoms. The third-order valence-corrected chi connectivity index (χ3v) is 2.67. The lowest BCUT2D eigenvalue weighted by atomic mass is 10.3.